The van der Waals surface area contributed by atoms with Crippen molar-refractivity contribution in [3.63, 3.8) is 0 Å². The van der Waals surface area contributed by atoms with Crippen molar-refractivity contribution in [2.24, 2.45) is 5.92 Å². The lowest BCUT2D eigenvalue weighted by Gasteiger charge is -2.22. The SMILES string of the molecule is CCOC(=O)/C(=C(/F)C1CCCCC1)c1ccccc1. The smallest absolute Gasteiger partial charge is 0.341 e. The van der Waals surface area contributed by atoms with Crippen LogP contribution in [0.25, 0.3) is 5.57 Å². The summed E-state index contributed by atoms with van der Waals surface area (Å²) in [4.78, 5) is 12.1. The molecule has 0 spiro atoms. The Balaban J connectivity index is 2.36. The van der Waals surface area contributed by atoms with Crippen molar-refractivity contribution in [3.05, 3.63) is 41.7 Å². The van der Waals surface area contributed by atoms with Gasteiger partial charge in [-0.3, -0.25) is 0 Å². The molecule has 2 nitrogen and oxygen atoms in total. The van der Waals surface area contributed by atoms with Gasteiger partial charge in [-0.1, -0.05) is 49.6 Å². The fraction of sp³-hybridized carbons (Fsp3) is 0.471. The molecule has 1 aliphatic rings. The second-order valence-corrected chi connectivity index (χ2v) is 5.14. The molecule has 0 bridgehead atoms. The second kappa shape index (κ2) is 7.22. The maximum absolute atomic E-state index is 14.8. The van der Waals surface area contributed by atoms with Gasteiger partial charge in [0.1, 0.15) is 5.83 Å². The molecule has 0 aliphatic heterocycles. The summed E-state index contributed by atoms with van der Waals surface area (Å²) in [5, 5.41) is 0. The zero-order valence-corrected chi connectivity index (χ0v) is 11.9. The van der Waals surface area contributed by atoms with Crippen molar-refractivity contribution in [2.45, 2.75) is 39.0 Å². The van der Waals surface area contributed by atoms with Crippen molar-refractivity contribution in [1.82, 2.24) is 0 Å². The molecule has 0 N–H and O–H groups in total. The van der Waals surface area contributed by atoms with E-state index in [-0.39, 0.29) is 23.9 Å². The molecule has 1 saturated carbocycles. The molecule has 0 amide bonds. The minimum Gasteiger partial charge on any atom is -0.462 e. The Kier molecular flexibility index (Phi) is 5.33. The summed E-state index contributed by atoms with van der Waals surface area (Å²) in [6, 6.07) is 8.99. The summed E-state index contributed by atoms with van der Waals surface area (Å²) in [5.41, 5.74) is 0.716. The van der Waals surface area contributed by atoms with Crippen LogP contribution >= 0.6 is 0 Å². The zero-order chi connectivity index (χ0) is 14.4. The summed E-state index contributed by atoms with van der Waals surface area (Å²) in [6.45, 7) is 1.99. The number of hydrogen-bond donors (Lipinski definition) is 0. The number of hydrogen-bond acceptors (Lipinski definition) is 2. The van der Waals surface area contributed by atoms with Crippen LogP contribution in [0.2, 0.25) is 0 Å². The third-order valence-corrected chi connectivity index (χ3v) is 3.74. The van der Waals surface area contributed by atoms with Gasteiger partial charge in [0.25, 0.3) is 0 Å². The van der Waals surface area contributed by atoms with E-state index in [1.54, 1.807) is 19.1 Å². The van der Waals surface area contributed by atoms with Gasteiger partial charge in [0.15, 0.2) is 0 Å². The van der Waals surface area contributed by atoms with Gasteiger partial charge < -0.3 is 4.74 Å². The highest BCUT2D eigenvalue weighted by molar-refractivity contribution is 6.17. The third kappa shape index (κ3) is 3.47. The van der Waals surface area contributed by atoms with E-state index in [9.17, 15) is 9.18 Å². The molecule has 20 heavy (non-hydrogen) atoms. The first kappa shape index (κ1) is 14.8. The molecule has 1 aromatic rings. The number of carbonyl (C=O) groups excluding carboxylic acids is 1. The molecule has 3 heteroatoms. The lowest BCUT2D eigenvalue weighted by Crippen LogP contribution is -2.14. The van der Waals surface area contributed by atoms with E-state index in [1.165, 1.54) is 0 Å². The molecular formula is C17H21FO2. The Morgan fingerprint density at radius 2 is 1.85 bits per heavy atom. The maximum atomic E-state index is 14.8. The average Bonchev–Trinajstić information content (AvgIpc) is 2.50. The minimum atomic E-state index is -0.554. The van der Waals surface area contributed by atoms with Gasteiger partial charge in [0.05, 0.1) is 12.2 Å². The Morgan fingerprint density at radius 1 is 1.20 bits per heavy atom. The summed E-state index contributed by atoms with van der Waals surface area (Å²) in [6.07, 6.45) is 4.86. The minimum absolute atomic E-state index is 0.111. The maximum Gasteiger partial charge on any atom is 0.341 e. The van der Waals surface area contributed by atoms with Gasteiger partial charge in [0.2, 0.25) is 0 Å². The van der Waals surface area contributed by atoms with Crippen LogP contribution < -0.4 is 0 Å². The Hall–Kier alpha value is -1.64. The molecule has 1 aromatic carbocycles. The van der Waals surface area contributed by atoms with Gasteiger partial charge in [-0.2, -0.15) is 0 Å². The first-order valence-corrected chi connectivity index (χ1v) is 7.36. The standard InChI is InChI=1S/C17H21FO2/c1-2-20-17(19)15(13-9-5-3-6-10-13)16(18)14-11-7-4-8-12-14/h3,5-6,9-10,14H,2,4,7-8,11-12H2,1H3/b16-15+. The summed E-state index contributed by atoms with van der Waals surface area (Å²) >= 11 is 0. The summed E-state index contributed by atoms with van der Waals surface area (Å²) < 4.78 is 19.8. The Labute approximate surface area is 119 Å². The van der Waals surface area contributed by atoms with E-state index in [0.717, 1.165) is 32.1 Å². The predicted molar refractivity (Wildman–Crippen MR) is 77.7 cm³/mol. The number of halogens is 1. The Bertz CT molecular complexity index is 473. The lowest BCUT2D eigenvalue weighted by atomic mass is 9.86. The number of rotatable bonds is 4. The van der Waals surface area contributed by atoms with Crippen molar-refractivity contribution in [1.29, 1.82) is 0 Å². The van der Waals surface area contributed by atoms with Gasteiger partial charge in [0, 0.05) is 5.92 Å². The molecule has 0 aromatic heterocycles. The zero-order valence-electron chi connectivity index (χ0n) is 11.9. The van der Waals surface area contributed by atoms with E-state index < -0.39 is 5.97 Å². The fourth-order valence-corrected chi connectivity index (χ4v) is 2.72. The number of esters is 1. The van der Waals surface area contributed by atoms with Gasteiger partial charge in [-0.25, -0.2) is 9.18 Å². The summed E-state index contributed by atoms with van der Waals surface area (Å²) in [5.74, 6) is -0.987. The lowest BCUT2D eigenvalue weighted by molar-refractivity contribution is -0.136. The van der Waals surface area contributed by atoms with Crippen molar-refractivity contribution >= 4 is 11.5 Å². The molecule has 0 radical (unpaired) electrons. The molecule has 1 fully saturated rings. The largest absolute Gasteiger partial charge is 0.462 e. The van der Waals surface area contributed by atoms with Gasteiger partial charge >= 0.3 is 5.97 Å². The highest BCUT2D eigenvalue weighted by atomic mass is 19.1. The van der Waals surface area contributed by atoms with Gasteiger partial charge in [-0.15, -0.1) is 0 Å². The normalized spacial score (nSPS) is 17.5. The van der Waals surface area contributed by atoms with E-state index in [0.29, 0.717) is 5.56 Å². The van der Waals surface area contributed by atoms with Crippen molar-refractivity contribution < 1.29 is 13.9 Å². The molecule has 0 atom stereocenters. The van der Waals surface area contributed by atoms with Crippen molar-refractivity contribution in [2.75, 3.05) is 6.61 Å². The highest BCUT2D eigenvalue weighted by Crippen LogP contribution is 2.35. The number of ether oxygens (including phenoxy) is 1. The third-order valence-electron chi connectivity index (χ3n) is 3.74. The van der Waals surface area contributed by atoms with E-state index in [2.05, 4.69) is 0 Å². The van der Waals surface area contributed by atoms with Crippen LogP contribution in [0.15, 0.2) is 36.2 Å². The topological polar surface area (TPSA) is 26.3 Å². The monoisotopic (exact) mass is 276 g/mol. The van der Waals surface area contributed by atoms with Crippen molar-refractivity contribution in [3.8, 4) is 0 Å². The van der Waals surface area contributed by atoms with Gasteiger partial charge in [-0.05, 0) is 25.3 Å². The van der Waals surface area contributed by atoms with Crippen LogP contribution in [0.1, 0.15) is 44.6 Å². The quantitative estimate of drug-likeness (QED) is 0.597. The number of carbonyl (C=O) groups is 1. The molecule has 0 unspecified atom stereocenters. The number of allylic oxidation sites excluding steroid dienone is 1. The predicted octanol–water partition coefficient (Wildman–Crippen LogP) is 4.51. The molecule has 1 aliphatic carbocycles. The Morgan fingerprint density at radius 3 is 2.45 bits per heavy atom. The second-order valence-electron chi connectivity index (χ2n) is 5.14. The van der Waals surface area contributed by atoms with Crippen LogP contribution in [-0.4, -0.2) is 12.6 Å². The van der Waals surface area contributed by atoms with Crippen LogP contribution in [0.3, 0.4) is 0 Å². The number of benzene rings is 1. The molecule has 0 saturated heterocycles. The van der Waals surface area contributed by atoms with E-state index in [1.807, 2.05) is 18.2 Å². The van der Waals surface area contributed by atoms with Crippen LogP contribution in [0.4, 0.5) is 4.39 Å². The van der Waals surface area contributed by atoms with E-state index in [4.69, 9.17) is 4.74 Å². The average molecular weight is 276 g/mol. The van der Waals surface area contributed by atoms with Crippen LogP contribution in [0.5, 0.6) is 0 Å². The summed E-state index contributed by atoms with van der Waals surface area (Å²) in [7, 11) is 0. The van der Waals surface area contributed by atoms with Crippen LogP contribution in [-0.2, 0) is 9.53 Å². The molecule has 2 rings (SSSR count). The first-order valence-electron chi connectivity index (χ1n) is 7.36. The molecular weight excluding hydrogens is 255 g/mol. The molecule has 0 heterocycles. The fourth-order valence-electron chi connectivity index (χ4n) is 2.72. The molecule has 108 valence electrons. The van der Waals surface area contributed by atoms with Crippen LogP contribution in [0, 0.1) is 5.92 Å². The van der Waals surface area contributed by atoms with E-state index >= 15 is 0 Å². The highest BCUT2D eigenvalue weighted by Gasteiger charge is 2.26. The first-order chi connectivity index (χ1) is 9.74.